The minimum absolute atomic E-state index is 0.0156. The Bertz CT molecular complexity index is 421. The van der Waals surface area contributed by atoms with Gasteiger partial charge in [-0.05, 0) is 23.6 Å². The first-order chi connectivity index (χ1) is 8.40. The van der Waals surface area contributed by atoms with E-state index in [4.69, 9.17) is 5.11 Å². The number of phenols is 1. The standard InChI is InChI=1S/C13H18FNO3/c1-8(2)12(17)6-13(18)15-7-9-3-4-11(16)10(14)5-9/h3-5,8,12,16-17H,6-7H2,1-2H3,(H,15,18). The molecule has 3 N–H and O–H groups in total. The second-order valence-electron chi connectivity index (χ2n) is 4.58. The third-order valence-corrected chi connectivity index (χ3v) is 2.67. The van der Waals surface area contributed by atoms with Crippen molar-refractivity contribution < 1.29 is 19.4 Å². The van der Waals surface area contributed by atoms with Gasteiger partial charge in [-0.25, -0.2) is 4.39 Å². The molecule has 0 aliphatic rings. The molecule has 1 rings (SSSR count). The molecule has 5 heteroatoms. The van der Waals surface area contributed by atoms with Gasteiger partial charge in [-0.3, -0.25) is 4.79 Å². The number of benzene rings is 1. The molecule has 0 fully saturated rings. The van der Waals surface area contributed by atoms with Gasteiger partial charge < -0.3 is 15.5 Å². The van der Waals surface area contributed by atoms with Crippen LogP contribution in [0.25, 0.3) is 0 Å². The first-order valence-corrected chi connectivity index (χ1v) is 5.82. The maximum absolute atomic E-state index is 13.0. The number of hydrogen-bond donors (Lipinski definition) is 3. The van der Waals surface area contributed by atoms with E-state index in [9.17, 15) is 14.3 Å². The van der Waals surface area contributed by atoms with Gasteiger partial charge >= 0.3 is 0 Å². The number of nitrogens with one attached hydrogen (secondary N) is 1. The van der Waals surface area contributed by atoms with Gasteiger partial charge in [-0.15, -0.1) is 0 Å². The van der Waals surface area contributed by atoms with Crippen molar-refractivity contribution in [1.29, 1.82) is 0 Å². The van der Waals surface area contributed by atoms with E-state index < -0.39 is 17.7 Å². The van der Waals surface area contributed by atoms with Crippen LogP contribution < -0.4 is 5.32 Å². The summed E-state index contributed by atoms with van der Waals surface area (Å²) in [5, 5.41) is 21.1. The molecule has 0 saturated carbocycles. The summed E-state index contributed by atoms with van der Waals surface area (Å²) in [6.45, 7) is 3.82. The van der Waals surface area contributed by atoms with E-state index in [0.717, 1.165) is 6.07 Å². The Balaban J connectivity index is 2.45. The van der Waals surface area contributed by atoms with Gasteiger partial charge in [0.1, 0.15) is 0 Å². The van der Waals surface area contributed by atoms with Crippen LogP contribution in [0, 0.1) is 11.7 Å². The molecule has 0 heterocycles. The second kappa shape index (κ2) is 6.35. The molecule has 1 aromatic carbocycles. The zero-order valence-electron chi connectivity index (χ0n) is 10.5. The molecule has 1 atom stereocenters. The highest BCUT2D eigenvalue weighted by Gasteiger charge is 2.14. The topological polar surface area (TPSA) is 69.6 Å². The molecule has 0 radical (unpaired) electrons. The Morgan fingerprint density at radius 3 is 2.67 bits per heavy atom. The Morgan fingerprint density at radius 1 is 1.44 bits per heavy atom. The van der Waals surface area contributed by atoms with Gasteiger partial charge in [0.15, 0.2) is 11.6 Å². The molecule has 1 unspecified atom stereocenters. The molecule has 0 aromatic heterocycles. The lowest BCUT2D eigenvalue weighted by Crippen LogP contribution is -2.29. The van der Waals surface area contributed by atoms with E-state index in [1.165, 1.54) is 12.1 Å². The maximum atomic E-state index is 13.0. The lowest BCUT2D eigenvalue weighted by molar-refractivity contribution is -0.123. The van der Waals surface area contributed by atoms with Crippen molar-refractivity contribution in [1.82, 2.24) is 5.32 Å². The maximum Gasteiger partial charge on any atom is 0.222 e. The van der Waals surface area contributed by atoms with Crippen LogP contribution in [0.5, 0.6) is 5.75 Å². The van der Waals surface area contributed by atoms with E-state index in [2.05, 4.69) is 5.32 Å². The van der Waals surface area contributed by atoms with Crippen molar-refractivity contribution in [3.05, 3.63) is 29.6 Å². The lowest BCUT2D eigenvalue weighted by atomic mass is 10.0. The van der Waals surface area contributed by atoms with E-state index in [0.29, 0.717) is 5.56 Å². The molecule has 18 heavy (non-hydrogen) atoms. The number of carbonyl (C=O) groups excluding carboxylic acids is 1. The number of amides is 1. The van der Waals surface area contributed by atoms with Gasteiger partial charge in [0, 0.05) is 6.54 Å². The molecular weight excluding hydrogens is 237 g/mol. The molecule has 1 amide bonds. The third kappa shape index (κ3) is 4.33. The minimum Gasteiger partial charge on any atom is -0.505 e. The number of aliphatic hydroxyl groups is 1. The van der Waals surface area contributed by atoms with Gasteiger partial charge in [0.25, 0.3) is 0 Å². The van der Waals surface area contributed by atoms with Gasteiger partial charge in [-0.2, -0.15) is 0 Å². The predicted molar refractivity (Wildman–Crippen MR) is 65.4 cm³/mol. The van der Waals surface area contributed by atoms with Gasteiger partial charge in [0.05, 0.1) is 12.5 Å². The van der Waals surface area contributed by atoms with Crippen molar-refractivity contribution >= 4 is 5.91 Å². The predicted octanol–water partition coefficient (Wildman–Crippen LogP) is 1.55. The van der Waals surface area contributed by atoms with Crippen LogP contribution >= 0.6 is 0 Å². The summed E-state index contributed by atoms with van der Waals surface area (Å²) < 4.78 is 13.0. The number of phenolic OH excluding ortho intramolecular Hbond substituents is 1. The summed E-state index contributed by atoms with van der Waals surface area (Å²) >= 11 is 0. The number of aromatic hydroxyl groups is 1. The van der Waals surface area contributed by atoms with Crippen LogP contribution in [0.4, 0.5) is 4.39 Å². The monoisotopic (exact) mass is 255 g/mol. The molecule has 100 valence electrons. The van der Waals surface area contributed by atoms with Gasteiger partial charge in [0.2, 0.25) is 5.91 Å². The summed E-state index contributed by atoms with van der Waals surface area (Å²) in [6.07, 6.45) is -0.653. The third-order valence-electron chi connectivity index (χ3n) is 2.67. The fraction of sp³-hybridized carbons (Fsp3) is 0.462. The van der Waals surface area contributed by atoms with Crippen molar-refractivity contribution in [2.75, 3.05) is 0 Å². The highest BCUT2D eigenvalue weighted by atomic mass is 19.1. The normalized spacial score (nSPS) is 12.5. The minimum atomic E-state index is -0.719. The summed E-state index contributed by atoms with van der Waals surface area (Å²) in [6, 6.07) is 3.92. The Hall–Kier alpha value is -1.62. The first kappa shape index (κ1) is 14.4. The smallest absolute Gasteiger partial charge is 0.222 e. The fourth-order valence-corrected chi connectivity index (χ4v) is 1.36. The zero-order valence-corrected chi connectivity index (χ0v) is 10.5. The van der Waals surface area contributed by atoms with Crippen molar-refractivity contribution in [2.45, 2.75) is 32.9 Å². The lowest BCUT2D eigenvalue weighted by Gasteiger charge is -2.14. The molecule has 1 aromatic rings. The fourth-order valence-electron chi connectivity index (χ4n) is 1.36. The zero-order chi connectivity index (χ0) is 13.7. The molecule has 0 saturated heterocycles. The van der Waals surface area contributed by atoms with Crippen LogP contribution in [0.3, 0.4) is 0 Å². The summed E-state index contributed by atoms with van der Waals surface area (Å²) in [5.41, 5.74) is 0.553. The molecule has 0 spiro atoms. The van der Waals surface area contributed by atoms with Crippen LogP contribution in [0.2, 0.25) is 0 Å². The van der Waals surface area contributed by atoms with Crippen molar-refractivity contribution in [3.63, 3.8) is 0 Å². The molecule has 0 bridgehead atoms. The summed E-state index contributed by atoms with van der Waals surface area (Å²) in [5.74, 6) is -1.41. The largest absolute Gasteiger partial charge is 0.505 e. The second-order valence-corrected chi connectivity index (χ2v) is 4.58. The molecular formula is C13H18FNO3. The average molecular weight is 255 g/mol. The van der Waals surface area contributed by atoms with Crippen molar-refractivity contribution in [2.24, 2.45) is 5.92 Å². The Labute approximate surface area is 105 Å². The molecule has 0 aliphatic carbocycles. The highest BCUT2D eigenvalue weighted by molar-refractivity contribution is 5.76. The van der Waals surface area contributed by atoms with Gasteiger partial charge in [-0.1, -0.05) is 19.9 Å². The SMILES string of the molecule is CC(C)C(O)CC(=O)NCc1ccc(O)c(F)c1. The van der Waals surface area contributed by atoms with E-state index in [-0.39, 0.29) is 24.8 Å². The number of rotatable bonds is 5. The van der Waals surface area contributed by atoms with E-state index in [1.54, 1.807) is 0 Å². The molecule has 4 nitrogen and oxygen atoms in total. The first-order valence-electron chi connectivity index (χ1n) is 5.82. The van der Waals surface area contributed by atoms with Crippen molar-refractivity contribution in [3.8, 4) is 5.75 Å². The Morgan fingerprint density at radius 2 is 2.11 bits per heavy atom. The number of carbonyl (C=O) groups is 1. The van der Waals surface area contributed by atoms with E-state index >= 15 is 0 Å². The Kier molecular flexibility index (Phi) is 5.09. The summed E-state index contributed by atoms with van der Waals surface area (Å²) in [4.78, 5) is 11.5. The summed E-state index contributed by atoms with van der Waals surface area (Å²) in [7, 11) is 0. The average Bonchev–Trinajstić information content (AvgIpc) is 2.30. The highest BCUT2D eigenvalue weighted by Crippen LogP contribution is 2.16. The van der Waals surface area contributed by atoms with Crippen LogP contribution in [0.15, 0.2) is 18.2 Å². The molecule has 0 aliphatic heterocycles. The number of hydrogen-bond acceptors (Lipinski definition) is 3. The number of halogens is 1. The number of aliphatic hydroxyl groups excluding tert-OH is 1. The van der Waals surface area contributed by atoms with Crippen LogP contribution in [-0.4, -0.2) is 22.2 Å². The van der Waals surface area contributed by atoms with E-state index in [1.807, 2.05) is 13.8 Å². The quantitative estimate of drug-likeness (QED) is 0.747. The van der Waals surface area contributed by atoms with Crippen LogP contribution in [0.1, 0.15) is 25.8 Å². The van der Waals surface area contributed by atoms with Crippen LogP contribution in [-0.2, 0) is 11.3 Å².